The molecule has 1 unspecified atom stereocenters. The number of para-hydroxylation sites is 1. The molecule has 1 atom stereocenters. The van der Waals surface area contributed by atoms with Gasteiger partial charge in [-0.3, -0.25) is 0 Å². The highest BCUT2D eigenvalue weighted by molar-refractivity contribution is 5.44. The Bertz CT molecular complexity index is 626. The first-order valence-corrected chi connectivity index (χ1v) is 5.55. The maximum absolute atomic E-state index is 9.23. The summed E-state index contributed by atoms with van der Waals surface area (Å²) in [5, 5.41) is 36.6. The van der Waals surface area contributed by atoms with E-state index in [1.54, 1.807) is 48.5 Å². The van der Waals surface area contributed by atoms with E-state index in [4.69, 9.17) is 15.3 Å². The number of ether oxygens (including phenoxy) is 1. The maximum Gasteiger partial charge on any atom is 0.211 e. The van der Waals surface area contributed by atoms with Crippen LogP contribution in [0.5, 0.6) is 5.75 Å². The number of benzene rings is 1. The van der Waals surface area contributed by atoms with E-state index >= 15 is 0 Å². The van der Waals surface area contributed by atoms with Crippen molar-refractivity contribution in [1.82, 2.24) is 0 Å². The third kappa shape index (κ3) is 1.50. The van der Waals surface area contributed by atoms with Gasteiger partial charge in [0.15, 0.2) is 5.41 Å². The molecule has 1 aromatic carbocycles. The lowest BCUT2D eigenvalue weighted by Crippen LogP contribution is -2.61. The maximum atomic E-state index is 9.23. The van der Waals surface area contributed by atoms with Crippen LogP contribution in [-0.4, -0.2) is 6.10 Å². The molecule has 0 bridgehead atoms. The van der Waals surface area contributed by atoms with E-state index < -0.39 is 16.9 Å². The van der Waals surface area contributed by atoms with Gasteiger partial charge in [0.1, 0.15) is 11.9 Å². The first-order valence-electron chi connectivity index (χ1n) is 5.55. The largest absolute Gasteiger partial charge is 0.487 e. The van der Waals surface area contributed by atoms with Gasteiger partial charge in [-0.1, -0.05) is 18.2 Å². The Morgan fingerprint density at radius 3 is 2.00 bits per heavy atom. The lowest BCUT2D eigenvalue weighted by Gasteiger charge is -2.47. The third-order valence-electron chi connectivity index (χ3n) is 3.40. The quantitative estimate of drug-likeness (QED) is 0.794. The smallest absolute Gasteiger partial charge is 0.211 e. The number of hydrogen-bond acceptors (Lipinski definition) is 5. The molecule has 0 aromatic heterocycles. The number of nitriles is 4. The molecule has 0 saturated heterocycles. The summed E-state index contributed by atoms with van der Waals surface area (Å²) >= 11 is 0. The molecule has 0 amide bonds. The van der Waals surface area contributed by atoms with Crippen LogP contribution < -0.4 is 4.74 Å². The fourth-order valence-corrected chi connectivity index (χ4v) is 2.18. The Hall–Kier alpha value is -3.02. The molecule has 1 saturated carbocycles. The Morgan fingerprint density at radius 1 is 0.947 bits per heavy atom. The minimum Gasteiger partial charge on any atom is -0.487 e. The van der Waals surface area contributed by atoms with Crippen LogP contribution in [0.2, 0.25) is 0 Å². The molecule has 0 radical (unpaired) electrons. The highest BCUT2D eigenvalue weighted by Crippen LogP contribution is 2.56. The molecule has 1 aliphatic carbocycles. The van der Waals surface area contributed by atoms with Crippen molar-refractivity contribution in [1.29, 1.82) is 21.0 Å². The zero-order valence-corrected chi connectivity index (χ0v) is 9.87. The summed E-state index contributed by atoms with van der Waals surface area (Å²) < 4.78 is 5.56. The van der Waals surface area contributed by atoms with Gasteiger partial charge < -0.3 is 4.74 Å². The standard InChI is InChI=1S/C14H8N4O/c15-7-13(8-16)6-12(14(13,9-17)10-18)19-11-4-2-1-3-5-11/h1-5,12H,6H2. The van der Waals surface area contributed by atoms with Gasteiger partial charge >= 0.3 is 0 Å². The van der Waals surface area contributed by atoms with Crippen molar-refractivity contribution in [3.63, 3.8) is 0 Å². The van der Waals surface area contributed by atoms with Crippen LogP contribution in [0.4, 0.5) is 0 Å². The Kier molecular flexibility index (Phi) is 2.84. The summed E-state index contributed by atoms with van der Waals surface area (Å²) in [5.74, 6) is 0.506. The molecule has 5 nitrogen and oxygen atoms in total. The minimum absolute atomic E-state index is 0.0516. The molecule has 0 spiro atoms. The number of rotatable bonds is 2. The monoisotopic (exact) mass is 248 g/mol. The molecular formula is C14H8N4O. The van der Waals surface area contributed by atoms with E-state index in [9.17, 15) is 10.5 Å². The number of nitrogens with zero attached hydrogens (tertiary/aromatic N) is 4. The Morgan fingerprint density at radius 2 is 1.53 bits per heavy atom. The van der Waals surface area contributed by atoms with Gasteiger partial charge in [0.05, 0.1) is 24.3 Å². The molecule has 0 heterocycles. The predicted octanol–water partition coefficient (Wildman–Crippen LogP) is 1.90. The van der Waals surface area contributed by atoms with Gasteiger partial charge in [0.2, 0.25) is 5.41 Å². The van der Waals surface area contributed by atoms with E-state index in [0.717, 1.165) is 0 Å². The zero-order chi connectivity index (χ0) is 13.9. The molecule has 1 fully saturated rings. The van der Waals surface area contributed by atoms with Crippen LogP contribution in [0.25, 0.3) is 0 Å². The molecule has 1 aliphatic rings. The van der Waals surface area contributed by atoms with E-state index in [2.05, 4.69) is 0 Å². The van der Waals surface area contributed by atoms with Crippen LogP contribution in [0, 0.1) is 56.2 Å². The lowest BCUT2D eigenvalue weighted by atomic mass is 9.50. The van der Waals surface area contributed by atoms with Crippen molar-refractivity contribution in [3.8, 4) is 30.0 Å². The first kappa shape index (κ1) is 12.4. The summed E-state index contributed by atoms with van der Waals surface area (Å²) in [6.07, 6.45) is -0.722. The summed E-state index contributed by atoms with van der Waals surface area (Å²) in [6.45, 7) is 0. The summed E-state index contributed by atoms with van der Waals surface area (Å²) in [5.41, 5.74) is -3.36. The average molecular weight is 248 g/mol. The SMILES string of the molecule is N#CC1(C#N)CC(Oc2ccccc2)C1(C#N)C#N. The summed E-state index contributed by atoms with van der Waals surface area (Å²) in [6, 6.07) is 15.9. The second kappa shape index (κ2) is 4.34. The first-order chi connectivity index (χ1) is 9.18. The molecule has 0 N–H and O–H groups in total. The van der Waals surface area contributed by atoms with Crippen molar-refractivity contribution < 1.29 is 4.74 Å². The zero-order valence-electron chi connectivity index (χ0n) is 9.87. The van der Waals surface area contributed by atoms with Gasteiger partial charge in [0.25, 0.3) is 0 Å². The predicted molar refractivity (Wildman–Crippen MR) is 62.8 cm³/mol. The minimum atomic E-state index is -1.74. The second-order valence-electron chi connectivity index (χ2n) is 4.28. The molecule has 1 aromatic rings. The van der Waals surface area contributed by atoms with E-state index in [1.807, 2.05) is 6.07 Å². The number of hydrogen-bond donors (Lipinski definition) is 0. The van der Waals surface area contributed by atoms with Crippen molar-refractivity contribution >= 4 is 0 Å². The third-order valence-corrected chi connectivity index (χ3v) is 3.40. The fourth-order valence-electron chi connectivity index (χ4n) is 2.18. The topological polar surface area (TPSA) is 104 Å². The molecule has 5 heteroatoms. The molecular weight excluding hydrogens is 240 g/mol. The lowest BCUT2D eigenvalue weighted by molar-refractivity contribution is -0.0411. The van der Waals surface area contributed by atoms with Crippen LogP contribution in [0.3, 0.4) is 0 Å². The van der Waals surface area contributed by atoms with Crippen molar-refractivity contribution in [2.75, 3.05) is 0 Å². The van der Waals surface area contributed by atoms with Crippen LogP contribution >= 0.6 is 0 Å². The average Bonchev–Trinajstić information content (AvgIpc) is 2.46. The van der Waals surface area contributed by atoms with Gasteiger partial charge in [-0.05, 0) is 12.1 Å². The normalized spacial score (nSPS) is 21.6. The molecule has 2 rings (SSSR count). The van der Waals surface area contributed by atoms with Crippen LogP contribution in [-0.2, 0) is 0 Å². The van der Waals surface area contributed by atoms with Crippen molar-refractivity contribution in [3.05, 3.63) is 30.3 Å². The van der Waals surface area contributed by atoms with Crippen molar-refractivity contribution in [2.24, 2.45) is 10.8 Å². The Labute approximate surface area is 110 Å². The van der Waals surface area contributed by atoms with Crippen LogP contribution in [0.1, 0.15) is 6.42 Å². The molecule has 19 heavy (non-hydrogen) atoms. The van der Waals surface area contributed by atoms with E-state index in [1.165, 1.54) is 0 Å². The van der Waals surface area contributed by atoms with Gasteiger partial charge in [-0.2, -0.15) is 21.0 Å². The highest BCUT2D eigenvalue weighted by Gasteiger charge is 2.71. The van der Waals surface area contributed by atoms with Gasteiger partial charge in [-0.15, -0.1) is 0 Å². The summed E-state index contributed by atoms with van der Waals surface area (Å²) in [7, 11) is 0. The van der Waals surface area contributed by atoms with E-state index in [0.29, 0.717) is 5.75 Å². The van der Waals surface area contributed by atoms with Gasteiger partial charge in [0, 0.05) is 6.42 Å². The Balaban J connectivity index is 2.33. The fraction of sp³-hybridized carbons (Fsp3) is 0.286. The van der Waals surface area contributed by atoms with E-state index in [-0.39, 0.29) is 6.42 Å². The second-order valence-corrected chi connectivity index (χ2v) is 4.28. The highest BCUT2D eigenvalue weighted by atomic mass is 16.5. The summed E-state index contributed by atoms with van der Waals surface area (Å²) in [4.78, 5) is 0. The molecule has 0 aliphatic heterocycles. The van der Waals surface area contributed by atoms with Crippen LogP contribution in [0.15, 0.2) is 30.3 Å². The van der Waals surface area contributed by atoms with Gasteiger partial charge in [-0.25, -0.2) is 0 Å². The van der Waals surface area contributed by atoms with Crippen molar-refractivity contribution in [2.45, 2.75) is 12.5 Å². The molecule has 90 valence electrons.